The number of carboxylic acid groups (broad SMARTS) is 1. The molecule has 1 fully saturated rings. The first-order chi connectivity index (χ1) is 8.09. The lowest BCUT2D eigenvalue weighted by atomic mass is 9.94. The third-order valence-corrected chi connectivity index (χ3v) is 2.72. The fraction of sp³-hybridized carbons (Fsp3) is 0.600. The fourth-order valence-electron chi connectivity index (χ4n) is 1.62. The molecular formula is C10H14N2O5. The van der Waals surface area contributed by atoms with E-state index in [0.717, 1.165) is 6.26 Å². The van der Waals surface area contributed by atoms with Crippen LogP contribution in [-0.4, -0.2) is 46.5 Å². The van der Waals surface area contributed by atoms with Crippen LogP contribution in [0.2, 0.25) is 0 Å². The Bertz CT molecular complexity index is 397. The molecule has 1 saturated heterocycles. The second kappa shape index (κ2) is 4.72. The van der Waals surface area contributed by atoms with Crippen molar-refractivity contribution in [2.45, 2.75) is 18.4 Å². The van der Waals surface area contributed by atoms with Gasteiger partial charge in [-0.25, -0.2) is 4.79 Å². The second-order valence-electron chi connectivity index (χ2n) is 4.03. The minimum absolute atomic E-state index is 0.0994. The Labute approximate surface area is 97.4 Å². The quantitative estimate of drug-likeness (QED) is 0.698. The van der Waals surface area contributed by atoms with Crippen LogP contribution in [-0.2, 0) is 4.74 Å². The van der Waals surface area contributed by atoms with Crippen LogP contribution in [0.3, 0.4) is 0 Å². The molecule has 1 aliphatic heterocycles. The van der Waals surface area contributed by atoms with Crippen molar-refractivity contribution in [2.75, 3.05) is 25.1 Å². The number of hydrogen-bond acceptors (Lipinski definition) is 6. The Morgan fingerprint density at radius 3 is 2.82 bits per heavy atom. The zero-order valence-electron chi connectivity index (χ0n) is 9.18. The molecule has 0 amide bonds. The number of carboxylic acids is 1. The Morgan fingerprint density at radius 1 is 1.53 bits per heavy atom. The molecule has 0 atom stereocenters. The van der Waals surface area contributed by atoms with Crippen LogP contribution in [0.1, 0.15) is 23.3 Å². The summed E-state index contributed by atoms with van der Waals surface area (Å²) in [6.45, 7) is 1.30. The van der Waals surface area contributed by atoms with E-state index in [1.165, 1.54) is 0 Å². The van der Waals surface area contributed by atoms with Gasteiger partial charge in [0.05, 0.1) is 5.60 Å². The van der Waals surface area contributed by atoms with Crippen molar-refractivity contribution >= 4 is 12.0 Å². The number of oxazole rings is 1. The Hall–Kier alpha value is -1.60. The first kappa shape index (κ1) is 11.9. The molecule has 7 heteroatoms. The number of nitrogens with one attached hydrogen (secondary N) is 1. The van der Waals surface area contributed by atoms with Crippen LogP contribution in [0.4, 0.5) is 6.01 Å². The van der Waals surface area contributed by atoms with E-state index in [0.29, 0.717) is 26.1 Å². The van der Waals surface area contributed by atoms with Crippen molar-refractivity contribution in [3.63, 3.8) is 0 Å². The Balaban J connectivity index is 1.90. The van der Waals surface area contributed by atoms with Gasteiger partial charge >= 0.3 is 5.97 Å². The lowest BCUT2D eigenvalue weighted by Gasteiger charge is -2.31. The third-order valence-electron chi connectivity index (χ3n) is 2.72. The van der Waals surface area contributed by atoms with Gasteiger partial charge in [-0.05, 0) is 0 Å². The smallest absolute Gasteiger partial charge is 0.357 e. The van der Waals surface area contributed by atoms with Gasteiger partial charge in [-0.15, -0.1) is 0 Å². The summed E-state index contributed by atoms with van der Waals surface area (Å²) in [5.41, 5.74) is -1.01. The zero-order valence-corrected chi connectivity index (χ0v) is 9.18. The standard InChI is InChI=1S/C10H14N2O5/c13-8(14)7-5-17-9(12-7)11-6-10(15)1-3-16-4-2-10/h5,15H,1-4,6H2,(H,11,12)(H,13,14). The third kappa shape index (κ3) is 2.95. The minimum atomic E-state index is -1.15. The average molecular weight is 242 g/mol. The van der Waals surface area contributed by atoms with E-state index >= 15 is 0 Å². The maximum absolute atomic E-state index is 10.6. The van der Waals surface area contributed by atoms with Crippen LogP contribution in [0.5, 0.6) is 0 Å². The maximum Gasteiger partial charge on any atom is 0.357 e. The molecule has 0 saturated carbocycles. The van der Waals surface area contributed by atoms with Crippen molar-refractivity contribution in [3.05, 3.63) is 12.0 Å². The Morgan fingerprint density at radius 2 is 2.24 bits per heavy atom. The predicted octanol–water partition coefficient (Wildman–Crippen LogP) is 0.326. The molecule has 0 unspecified atom stereocenters. The summed E-state index contributed by atoms with van der Waals surface area (Å²) < 4.78 is 10.1. The highest BCUT2D eigenvalue weighted by molar-refractivity contribution is 5.85. The number of nitrogens with zero attached hydrogens (tertiary/aromatic N) is 1. The van der Waals surface area contributed by atoms with Crippen LogP contribution in [0.25, 0.3) is 0 Å². The van der Waals surface area contributed by atoms with Crippen molar-refractivity contribution in [2.24, 2.45) is 0 Å². The predicted molar refractivity (Wildman–Crippen MR) is 57.0 cm³/mol. The van der Waals surface area contributed by atoms with Gasteiger partial charge in [-0.3, -0.25) is 0 Å². The lowest BCUT2D eigenvalue weighted by Crippen LogP contribution is -2.42. The molecule has 1 aromatic heterocycles. The monoisotopic (exact) mass is 242 g/mol. The van der Waals surface area contributed by atoms with Gasteiger partial charge in [0.15, 0.2) is 5.69 Å². The molecule has 7 nitrogen and oxygen atoms in total. The topological polar surface area (TPSA) is 105 Å². The van der Waals surface area contributed by atoms with E-state index < -0.39 is 11.6 Å². The highest BCUT2D eigenvalue weighted by Crippen LogP contribution is 2.21. The second-order valence-corrected chi connectivity index (χ2v) is 4.03. The molecule has 3 N–H and O–H groups in total. The normalized spacial score (nSPS) is 18.9. The van der Waals surface area contributed by atoms with Gasteiger partial charge in [0.25, 0.3) is 6.01 Å². The number of ether oxygens (including phenoxy) is 1. The lowest BCUT2D eigenvalue weighted by molar-refractivity contribution is -0.0545. The Kier molecular flexibility index (Phi) is 3.30. The number of rotatable bonds is 4. The molecule has 0 radical (unpaired) electrons. The summed E-state index contributed by atoms with van der Waals surface area (Å²) >= 11 is 0. The van der Waals surface area contributed by atoms with Crippen LogP contribution < -0.4 is 5.32 Å². The van der Waals surface area contributed by atoms with E-state index in [-0.39, 0.29) is 18.3 Å². The first-order valence-corrected chi connectivity index (χ1v) is 5.32. The SMILES string of the molecule is O=C(O)c1coc(NCC2(O)CCOCC2)n1. The molecular weight excluding hydrogens is 228 g/mol. The van der Waals surface area contributed by atoms with Gasteiger partial charge in [0, 0.05) is 32.6 Å². The number of carbonyl (C=O) groups is 1. The van der Waals surface area contributed by atoms with Crippen molar-refractivity contribution in [3.8, 4) is 0 Å². The molecule has 1 aromatic rings. The minimum Gasteiger partial charge on any atom is -0.476 e. The summed E-state index contributed by atoms with van der Waals surface area (Å²) in [4.78, 5) is 14.3. The molecule has 0 spiro atoms. The van der Waals surface area contributed by atoms with E-state index in [9.17, 15) is 9.90 Å². The van der Waals surface area contributed by atoms with Gasteiger partial charge in [-0.1, -0.05) is 0 Å². The largest absolute Gasteiger partial charge is 0.476 e. The van der Waals surface area contributed by atoms with E-state index in [1.54, 1.807) is 0 Å². The molecule has 94 valence electrons. The zero-order chi connectivity index (χ0) is 12.3. The van der Waals surface area contributed by atoms with Crippen LogP contribution in [0, 0.1) is 0 Å². The van der Waals surface area contributed by atoms with Gasteiger partial charge < -0.3 is 24.7 Å². The molecule has 17 heavy (non-hydrogen) atoms. The number of aromatic carboxylic acids is 1. The molecule has 0 aliphatic carbocycles. The summed E-state index contributed by atoms with van der Waals surface area (Å²) in [5.74, 6) is -1.15. The van der Waals surface area contributed by atoms with Gasteiger partial charge in [-0.2, -0.15) is 4.98 Å². The van der Waals surface area contributed by atoms with Crippen LogP contribution >= 0.6 is 0 Å². The molecule has 2 rings (SSSR count). The number of aliphatic hydroxyl groups is 1. The summed E-state index contributed by atoms with van der Waals surface area (Å²) in [7, 11) is 0. The van der Waals surface area contributed by atoms with Gasteiger partial charge in [0.2, 0.25) is 0 Å². The van der Waals surface area contributed by atoms with E-state index in [1.807, 2.05) is 0 Å². The maximum atomic E-state index is 10.6. The number of aromatic nitrogens is 1. The summed E-state index contributed by atoms with van der Waals surface area (Å²) in [6, 6.07) is 0.0994. The van der Waals surface area contributed by atoms with Crippen molar-refractivity contribution in [1.82, 2.24) is 4.98 Å². The first-order valence-electron chi connectivity index (χ1n) is 5.32. The van der Waals surface area contributed by atoms with E-state index in [4.69, 9.17) is 14.3 Å². The average Bonchev–Trinajstić information content (AvgIpc) is 2.76. The van der Waals surface area contributed by atoms with E-state index in [2.05, 4.69) is 10.3 Å². The van der Waals surface area contributed by atoms with Crippen molar-refractivity contribution in [1.29, 1.82) is 0 Å². The van der Waals surface area contributed by atoms with Crippen molar-refractivity contribution < 1.29 is 24.2 Å². The fourth-order valence-corrected chi connectivity index (χ4v) is 1.62. The molecule has 0 bridgehead atoms. The van der Waals surface area contributed by atoms with Crippen LogP contribution in [0.15, 0.2) is 10.7 Å². The number of anilines is 1. The number of hydrogen-bond donors (Lipinski definition) is 3. The summed E-state index contributed by atoms with van der Waals surface area (Å²) in [6.07, 6.45) is 2.12. The highest BCUT2D eigenvalue weighted by atomic mass is 16.5. The summed E-state index contributed by atoms with van der Waals surface area (Å²) in [5, 5.41) is 21.6. The molecule has 1 aliphatic rings. The molecule has 0 aromatic carbocycles. The molecule has 2 heterocycles. The van der Waals surface area contributed by atoms with Gasteiger partial charge in [0.1, 0.15) is 6.26 Å². The highest BCUT2D eigenvalue weighted by Gasteiger charge is 2.30.